The number of halogens is 1. The van der Waals surface area contributed by atoms with Crippen LogP contribution in [0.5, 0.6) is 0 Å². The molecule has 1 heterocycles. The fourth-order valence-corrected chi connectivity index (χ4v) is 5.28. The number of nitrogens with zero attached hydrogens (tertiary/aromatic N) is 1. The van der Waals surface area contributed by atoms with Gasteiger partial charge in [-0.25, -0.2) is 13.4 Å². The van der Waals surface area contributed by atoms with Gasteiger partial charge in [0.1, 0.15) is 11.4 Å². The lowest BCUT2D eigenvalue weighted by Gasteiger charge is -2.18. The molecule has 0 aliphatic carbocycles. The van der Waals surface area contributed by atoms with Crippen molar-refractivity contribution < 1.29 is 17.9 Å². The van der Waals surface area contributed by atoms with Crippen LogP contribution in [0.3, 0.4) is 0 Å². The van der Waals surface area contributed by atoms with E-state index in [1.54, 1.807) is 30.5 Å². The molecule has 2 aromatic rings. The average molecular weight is 474 g/mol. The van der Waals surface area contributed by atoms with Gasteiger partial charge >= 0.3 is 5.97 Å². The first-order valence-electron chi connectivity index (χ1n) is 7.93. The van der Waals surface area contributed by atoms with Crippen molar-refractivity contribution >= 4 is 48.4 Å². The molecule has 0 amide bonds. The number of carbonyl (C=O) groups excluding carboxylic acids is 1. The molecular weight excluding hydrogens is 454 g/mol. The van der Waals surface area contributed by atoms with Gasteiger partial charge in [-0.2, -0.15) is 0 Å². The first kappa shape index (κ1) is 21.5. The largest absolute Gasteiger partial charge is 0.456 e. The average Bonchev–Trinajstić information content (AvgIpc) is 3.03. The molecule has 0 aliphatic rings. The Labute approximate surface area is 170 Å². The minimum Gasteiger partial charge on any atom is -0.456 e. The van der Waals surface area contributed by atoms with Gasteiger partial charge in [0, 0.05) is 23.3 Å². The van der Waals surface area contributed by atoms with Crippen LogP contribution in [0.15, 0.2) is 40.7 Å². The van der Waals surface area contributed by atoms with E-state index < -0.39 is 27.3 Å². The molecule has 2 atom stereocenters. The third-order valence-electron chi connectivity index (χ3n) is 3.69. The zero-order chi connectivity index (χ0) is 20.2. The Bertz CT molecular complexity index is 943. The van der Waals surface area contributed by atoms with Crippen molar-refractivity contribution in [2.24, 2.45) is 5.73 Å². The fourth-order valence-electron chi connectivity index (χ4n) is 2.46. The topological polar surface area (TPSA) is 111 Å². The van der Waals surface area contributed by atoms with Gasteiger partial charge in [0.15, 0.2) is 5.13 Å². The molecule has 0 radical (unpaired) electrons. The minimum absolute atomic E-state index is 0.183. The van der Waals surface area contributed by atoms with E-state index in [4.69, 9.17) is 10.5 Å². The molecule has 3 N–H and O–H groups in total. The number of nitrogens with two attached hydrogens (primary N) is 1. The summed E-state index contributed by atoms with van der Waals surface area (Å²) >= 11 is 4.46. The Hall–Kier alpha value is -1.75. The smallest absolute Gasteiger partial charge is 0.303 e. The Morgan fingerprint density at radius 1 is 1.52 bits per heavy atom. The number of hydrogen-bond acceptors (Lipinski definition) is 7. The van der Waals surface area contributed by atoms with Gasteiger partial charge in [-0.3, -0.25) is 9.52 Å². The van der Waals surface area contributed by atoms with E-state index in [1.165, 1.54) is 13.0 Å². The second kappa shape index (κ2) is 8.96. The maximum atomic E-state index is 12.9. The van der Waals surface area contributed by atoms with Gasteiger partial charge < -0.3 is 10.5 Å². The summed E-state index contributed by atoms with van der Waals surface area (Å²) in [6, 6.07) is 5.24. The van der Waals surface area contributed by atoms with E-state index in [-0.39, 0.29) is 11.7 Å². The van der Waals surface area contributed by atoms with Gasteiger partial charge in [0.2, 0.25) is 10.0 Å². The van der Waals surface area contributed by atoms with Crippen molar-refractivity contribution in [3.8, 4) is 0 Å². The quantitative estimate of drug-likeness (QED) is 0.446. The van der Waals surface area contributed by atoms with Crippen molar-refractivity contribution in [3.05, 3.63) is 57.5 Å². The molecule has 27 heavy (non-hydrogen) atoms. The molecule has 146 valence electrons. The predicted molar refractivity (Wildman–Crippen MR) is 110 cm³/mol. The number of sulfonamides is 1. The van der Waals surface area contributed by atoms with Crippen LogP contribution in [0.4, 0.5) is 5.13 Å². The molecular formula is C17H20BrN3O4S2. The lowest BCUT2D eigenvalue weighted by Crippen LogP contribution is -2.21. The molecule has 0 spiro atoms. The van der Waals surface area contributed by atoms with Gasteiger partial charge in [-0.1, -0.05) is 28.1 Å². The fraction of sp³-hybridized carbons (Fsp3) is 0.294. The van der Waals surface area contributed by atoms with E-state index in [0.717, 1.165) is 15.8 Å². The third-order valence-corrected chi connectivity index (χ3v) is 6.68. The van der Waals surface area contributed by atoms with Crippen LogP contribution in [0, 0.1) is 0 Å². The number of anilines is 1. The van der Waals surface area contributed by atoms with Crippen LogP contribution in [0.25, 0.3) is 0 Å². The number of hydrogen-bond donors (Lipinski definition) is 2. The van der Waals surface area contributed by atoms with Gasteiger partial charge in [-0.15, -0.1) is 17.9 Å². The highest BCUT2D eigenvalue weighted by Crippen LogP contribution is 2.31. The predicted octanol–water partition coefficient (Wildman–Crippen LogP) is 3.66. The van der Waals surface area contributed by atoms with Crippen LogP contribution in [0.1, 0.15) is 42.0 Å². The second-order valence-electron chi connectivity index (χ2n) is 5.68. The summed E-state index contributed by atoms with van der Waals surface area (Å²) in [4.78, 5) is 15.2. The summed E-state index contributed by atoms with van der Waals surface area (Å²) in [5, 5.41) is 0.823. The van der Waals surface area contributed by atoms with Gasteiger partial charge in [0.25, 0.3) is 0 Å². The van der Waals surface area contributed by atoms with Crippen LogP contribution in [-0.2, 0) is 26.1 Å². The summed E-state index contributed by atoms with van der Waals surface area (Å²) in [6.07, 6.45) is 0.781. The normalized spacial score (nSPS) is 13.6. The number of rotatable bonds is 8. The molecule has 1 aromatic carbocycles. The number of nitrogens with one attached hydrogen (secondary N) is 1. The number of aromatic nitrogens is 1. The number of esters is 1. The lowest BCUT2D eigenvalue weighted by atomic mass is 10.0. The van der Waals surface area contributed by atoms with E-state index in [1.807, 2.05) is 0 Å². The molecule has 2 rings (SSSR count). The molecule has 7 nitrogen and oxygen atoms in total. The summed E-state index contributed by atoms with van der Waals surface area (Å²) in [5.74, 6) is -0.436. The van der Waals surface area contributed by atoms with E-state index in [0.29, 0.717) is 16.8 Å². The second-order valence-corrected chi connectivity index (χ2v) is 9.26. The number of benzene rings is 1. The van der Waals surface area contributed by atoms with Crippen LogP contribution in [-0.4, -0.2) is 19.4 Å². The molecule has 10 heteroatoms. The molecule has 1 aromatic heterocycles. The summed E-state index contributed by atoms with van der Waals surface area (Å²) in [7, 11) is -3.86. The number of ether oxygens (including phenoxy) is 1. The molecule has 0 fully saturated rings. The zero-order valence-electron chi connectivity index (χ0n) is 14.8. The maximum absolute atomic E-state index is 12.9. The van der Waals surface area contributed by atoms with Crippen molar-refractivity contribution in [1.82, 2.24) is 4.98 Å². The number of thiazole rings is 1. The highest BCUT2D eigenvalue weighted by molar-refractivity contribution is 9.10. The minimum atomic E-state index is -3.86. The molecule has 0 bridgehead atoms. The monoisotopic (exact) mass is 473 g/mol. The van der Waals surface area contributed by atoms with Crippen LogP contribution < -0.4 is 10.5 Å². The summed E-state index contributed by atoms with van der Waals surface area (Å²) < 4.78 is 34.1. The zero-order valence-corrected chi connectivity index (χ0v) is 18.0. The Morgan fingerprint density at radius 2 is 2.22 bits per heavy atom. The first-order chi connectivity index (χ1) is 12.7. The Balaban J connectivity index is 2.28. The van der Waals surface area contributed by atoms with Crippen molar-refractivity contribution in [3.63, 3.8) is 0 Å². The van der Waals surface area contributed by atoms with Crippen LogP contribution >= 0.6 is 27.3 Å². The summed E-state index contributed by atoms with van der Waals surface area (Å²) in [5.41, 5.74) is 7.48. The standard InChI is InChI=1S/C17H20BrN3O4S2/c1-4-16(14-6-5-13(18)7-12(14)8-19)27(23,24)21-17-20-15(9-26-17)10(2)25-11(3)22/h4-7,9-10,16H,1,8,19H2,2-3H3,(H,20,21). The van der Waals surface area contributed by atoms with E-state index in [2.05, 4.69) is 32.2 Å². The van der Waals surface area contributed by atoms with E-state index >= 15 is 0 Å². The molecule has 0 aliphatic heterocycles. The maximum Gasteiger partial charge on any atom is 0.303 e. The highest BCUT2D eigenvalue weighted by atomic mass is 79.9. The van der Waals surface area contributed by atoms with Gasteiger partial charge in [-0.05, 0) is 30.2 Å². The molecule has 2 unspecified atom stereocenters. The Kier molecular flexibility index (Phi) is 7.15. The summed E-state index contributed by atoms with van der Waals surface area (Å²) in [6.45, 7) is 6.82. The van der Waals surface area contributed by atoms with Crippen molar-refractivity contribution in [2.45, 2.75) is 31.7 Å². The van der Waals surface area contributed by atoms with Gasteiger partial charge in [0.05, 0.1) is 5.69 Å². The first-order valence-corrected chi connectivity index (χ1v) is 11.1. The van der Waals surface area contributed by atoms with Crippen molar-refractivity contribution in [2.75, 3.05) is 4.72 Å². The van der Waals surface area contributed by atoms with Crippen LogP contribution in [0.2, 0.25) is 0 Å². The third kappa shape index (κ3) is 5.38. The molecule has 0 saturated heterocycles. The van der Waals surface area contributed by atoms with E-state index in [9.17, 15) is 13.2 Å². The highest BCUT2D eigenvalue weighted by Gasteiger charge is 2.27. The number of carbonyl (C=O) groups is 1. The molecule has 0 saturated carbocycles. The van der Waals surface area contributed by atoms with Crippen molar-refractivity contribution in [1.29, 1.82) is 0 Å². The lowest BCUT2D eigenvalue weighted by molar-refractivity contribution is -0.145. The Morgan fingerprint density at radius 3 is 2.81 bits per heavy atom. The SMILES string of the molecule is C=CC(c1ccc(Br)cc1CN)S(=O)(=O)Nc1nc(C(C)OC(C)=O)cs1.